The summed E-state index contributed by atoms with van der Waals surface area (Å²) in [6, 6.07) is 15.9. The van der Waals surface area contributed by atoms with Gasteiger partial charge in [0, 0.05) is 5.56 Å². The summed E-state index contributed by atoms with van der Waals surface area (Å²) in [5.41, 5.74) is 1.86. The summed E-state index contributed by atoms with van der Waals surface area (Å²) in [5.74, 6) is 1.79. The Labute approximate surface area is 147 Å². The minimum atomic E-state index is -1.12. The molecular weight excluding hydrogens is 316 g/mol. The summed E-state index contributed by atoms with van der Waals surface area (Å²) in [4.78, 5) is 2.00. The molecule has 25 heavy (non-hydrogen) atoms. The van der Waals surface area contributed by atoms with Crippen molar-refractivity contribution < 1.29 is 19.2 Å². The zero-order valence-corrected chi connectivity index (χ0v) is 14.6. The quantitative estimate of drug-likeness (QED) is 0.870. The van der Waals surface area contributed by atoms with Crippen molar-refractivity contribution >= 4 is 11.5 Å². The van der Waals surface area contributed by atoms with Crippen molar-refractivity contribution in [2.24, 2.45) is 0 Å². The van der Waals surface area contributed by atoms with Crippen LogP contribution >= 0.6 is 0 Å². The third-order valence-electron chi connectivity index (χ3n) is 4.99. The molecule has 2 aromatic rings. The van der Waals surface area contributed by atoms with Gasteiger partial charge in [0.2, 0.25) is 0 Å². The molecule has 0 unspecified atom stereocenters. The van der Waals surface area contributed by atoms with Crippen LogP contribution in [0.25, 0.3) is 0 Å². The fraction of sp³-hybridized carbons (Fsp3) is 0.350. The van der Waals surface area contributed by atoms with E-state index in [1.54, 1.807) is 7.11 Å². The van der Waals surface area contributed by atoms with Gasteiger partial charge < -0.3 is 14.6 Å². The van der Waals surface area contributed by atoms with Crippen LogP contribution in [0.2, 0.25) is 0 Å². The summed E-state index contributed by atoms with van der Waals surface area (Å²) in [5, 5.41) is 11.7. The van der Waals surface area contributed by atoms with Gasteiger partial charge in [-0.15, -0.1) is 0 Å². The van der Waals surface area contributed by atoms with Gasteiger partial charge in [-0.05, 0) is 31.2 Å². The average Bonchev–Trinajstić information content (AvgIpc) is 2.95. The molecule has 0 aromatic heterocycles. The number of nitrogens with zero attached hydrogens (tertiary/aromatic N) is 2. The molecule has 0 spiro atoms. The van der Waals surface area contributed by atoms with Gasteiger partial charge in [0.05, 0.1) is 13.7 Å². The highest BCUT2D eigenvalue weighted by Crippen LogP contribution is 2.37. The third-order valence-corrected chi connectivity index (χ3v) is 4.99. The van der Waals surface area contributed by atoms with Crippen molar-refractivity contribution in [3.63, 3.8) is 0 Å². The second-order valence-electron chi connectivity index (χ2n) is 6.61. The van der Waals surface area contributed by atoms with Crippen LogP contribution < -0.4 is 9.64 Å². The van der Waals surface area contributed by atoms with Gasteiger partial charge in [0.25, 0.3) is 11.6 Å². The fourth-order valence-electron chi connectivity index (χ4n) is 3.62. The van der Waals surface area contributed by atoms with Crippen LogP contribution in [0, 0.1) is 6.92 Å². The van der Waals surface area contributed by atoms with E-state index in [2.05, 4.69) is 11.5 Å². The first-order chi connectivity index (χ1) is 12.1. The number of methoxy groups -OCH3 is 1. The molecule has 2 aliphatic rings. The molecule has 0 aliphatic carbocycles. The van der Waals surface area contributed by atoms with E-state index >= 15 is 0 Å². The lowest BCUT2D eigenvalue weighted by atomic mass is 9.99. The topological polar surface area (TPSA) is 44.9 Å². The number of aryl methyl sites for hydroxylation is 1. The fourth-order valence-corrected chi connectivity index (χ4v) is 3.62. The number of benzene rings is 2. The van der Waals surface area contributed by atoms with E-state index in [0.29, 0.717) is 19.8 Å². The van der Waals surface area contributed by atoms with Gasteiger partial charge in [0.15, 0.2) is 6.54 Å². The third kappa shape index (κ3) is 2.69. The predicted octanol–water partition coefficient (Wildman–Crippen LogP) is 2.11. The molecule has 0 saturated heterocycles. The maximum Gasteiger partial charge on any atom is 0.281 e. The number of hydrogen-bond acceptors (Lipinski definition) is 4. The molecule has 1 atom stereocenters. The Morgan fingerprint density at radius 3 is 2.52 bits per heavy atom. The van der Waals surface area contributed by atoms with Crippen LogP contribution in [-0.4, -0.2) is 48.9 Å². The van der Waals surface area contributed by atoms with Gasteiger partial charge in [-0.1, -0.05) is 29.8 Å². The molecule has 5 heteroatoms. The number of hydrogen-bond donors (Lipinski definition) is 1. The summed E-state index contributed by atoms with van der Waals surface area (Å²) in [6.45, 7) is 4.55. The molecule has 0 saturated carbocycles. The molecule has 0 bridgehead atoms. The first-order valence-corrected chi connectivity index (χ1v) is 8.54. The zero-order valence-electron chi connectivity index (χ0n) is 14.6. The van der Waals surface area contributed by atoms with Gasteiger partial charge in [0.1, 0.15) is 24.6 Å². The monoisotopic (exact) mass is 339 g/mol. The molecular formula is C20H23N2O3+. The lowest BCUT2D eigenvalue weighted by molar-refractivity contribution is -0.543. The summed E-state index contributed by atoms with van der Waals surface area (Å²) in [7, 11) is 1.65. The van der Waals surface area contributed by atoms with E-state index in [1.807, 2.05) is 53.4 Å². The van der Waals surface area contributed by atoms with E-state index in [1.165, 1.54) is 5.56 Å². The molecule has 2 aliphatic heterocycles. The number of amidine groups is 1. The molecule has 2 heterocycles. The Morgan fingerprint density at radius 1 is 1.12 bits per heavy atom. The van der Waals surface area contributed by atoms with E-state index < -0.39 is 5.72 Å². The second-order valence-corrected chi connectivity index (χ2v) is 6.61. The number of ether oxygens (including phenoxy) is 2. The van der Waals surface area contributed by atoms with Crippen LogP contribution in [0.5, 0.6) is 5.75 Å². The maximum atomic E-state index is 11.7. The Kier molecular flexibility index (Phi) is 3.98. The molecule has 0 amide bonds. The highest BCUT2D eigenvalue weighted by atomic mass is 16.5. The Bertz CT molecular complexity index is 799. The van der Waals surface area contributed by atoms with Gasteiger partial charge in [-0.2, -0.15) is 4.90 Å². The lowest BCUT2D eigenvalue weighted by Crippen LogP contribution is -2.48. The normalized spacial score (nSPS) is 22.9. The highest BCUT2D eigenvalue weighted by molar-refractivity contribution is 5.98. The molecule has 0 radical (unpaired) electrons. The van der Waals surface area contributed by atoms with E-state index in [4.69, 9.17) is 9.47 Å². The van der Waals surface area contributed by atoms with Gasteiger partial charge in [-0.25, -0.2) is 0 Å². The molecule has 2 aromatic carbocycles. The van der Waals surface area contributed by atoms with Crippen molar-refractivity contribution in [2.45, 2.75) is 12.6 Å². The Morgan fingerprint density at radius 2 is 1.84 bits per heavy atom. The minimum Gasteiger partial charge on any atom is -0.497 e. The first kappa shape index (κ1) is 16.1. The van der Waals surface area contributed by atoms with Crippen LogP contribution in [-0.2, 0) is 10.5 Å². The average molecular weight is 339 g/mol. The van der Waals surface area contributed by atoms with Crippen molar-refractivity contribution in [1.29, 1.82) is 0 Å². The summed E-state index contributed by atoms with van der Waals surface area (Å²) >= 11 is 0. The highest BCUT2D eigenvalue weighted by Gasteiger charge is 2.54. The molecule has 0 fully saturated rings. The number of rotatable bonds is 3. The maximum absolute atomic E-state index is 11.7. The smallest absolute Gasteiger partial charge is 0.281 e. The molecule has 130 valence electrons. The van der Waals surface area contributed by atoms with Crippen molar-refractivity contribution in [2.75, 3.05) is 38.3 Å². The summed E-state index contributed by atoms with van der Waals surface area (Å²) < 4.78 is 13.2. The Hall–Kier alpha value is -2.37. The zero-order chi connectivity index (χ0) is 17.4. The SMILES string of the molecule is COc1ccc(N2C3=[N+](CCOC3)C[C@]2(O)c2ccc(C)cc2)cc1. The number of anilines is 1. The van der Waals surface area contributed by atoms with Crippen molar-refractivity contribution in [3.05, 3.63) is 59.7 Å². The van der Waals surface area contributed by atoms with E-state index in [9.17, 15) is 5.11 Å². The molecule has 4 rings (SSSR count). The lowest BCUT2D eigenvalue weighted by Gasteiger charge is -2.29. The minimum absolute atomic E-state index is 0.500. The predicted molar refractivity (Wildman–Crippen MR) is 96.4 cm³/mol. The first-order valence-electron chi connectivity index (χ1n) is 8.54. The largest absolute Gasteiger partial charge is 0.497 e. The van der Waals surface area contributed by atoms with E-state index in [-0.39, 0.29) is 0 Å². The molecule has 5 nitrogen and oxygen atoms in total. The van der Waals surface area contributed by atoms with Crippen molar-refractivity contribution in [3.8, 4) is 5.75 Å². The van der Waals surface area contributed by atoms with Crippen LogP contribution in [0.3, 0.4) is 0 Å². The standard InChI is InChI=1S/C20H23N2O3/c1-15-3-5-16(6-4-15)20(23)14-21-11-12-25-13-19(21)22(20)17-7-9-18(24-2)10-8-17/h3-10,23H,11-14H2,1-2H3/q+1/t20-/m0/s1. The van der Waals surface area contributed by atoms with Gasteiger partial charge in [-0.3, -0.25) is 4.58 Å². The van der Waals surface area contributed by atoms with Gasteiger partial charge >= 0.3 is 0 Å². The Balaban J connectivity index is 1.81. The van der Waals surface area contributed by atoms with Crippen molar-refractivity contribution in [1.82, 2.24) is 0 Å². The summed E-state index contributed by atoms with van der Waals surface area (Å²) in [6.07, 6.45) is 0. The van der Waals surface area contributed by atoms with Crippen LogP contribution in [0.15, 0.2) is 48.5 Å². The number of aliphatic hydroxyl groups is 1. The molecule has 1 N–H and O–H groups in total. The van der Waals surface area contributed by atoms with Crippen LogP contribution in [0.1, 0.15) is 11.1 Å². The van der Waals surface area contributed by atoms with Crippen LogP contribution in [0.4, 0.5) is 5.69 Å². The second kappa shape index (κ2) is 6.17. The van der Waals surface area contributed by atoms with E-state index in [0.717, 1.165) is 29.4 Å².